The molecule has 1 amide bonds. The van der Waals surface area contributed by atoms with Gasteiger partial charge in [-0.1, -0.05) is 0 Å². The van der Waals surface area contributed by atoms with Gasteiger partial charge in [0.2, 0.25) is 0 Å². The number of aliphatic hydroxyl groups excluding tert-OH is 1. The van der Waals surface area contributed by atoms with E-state index < -0.39 is 12.1 Å². The fraction of sp³-hybridized carbons (Fsp3) is 0.385. The van der Waals surface area contributed by atoms with E-state index in [0.29, 0.717) is 5.56 Å². The third-order valence-corrected chi connectivity index (χ3v) is 2.63. The van der Waals surface area contributed by atoms with Crippen molar-refractivity contribution in [2.24, 2.45) is 0 Å². The molecule has 0 aliphatic carbocycles. The lowest BCUT2D eigenvalue weighted by atomic mass is 10.2. The molecule has 19 heavy (non-hydrogen) atoms. The number of carbonyl (C=O) groups excluding carboxylic acids is 1. The normalized spacial score (nSPS) is 11.7. The van der Waals surface area contributed by atoms with Crippen molar-refractivity contribution in [2.75, 3.05) is 25.5 Å². The Bertz CT molecular complexity index is 442. The summed E-state index contributed by atoms with van der Waals surface area (Å²) in [5.74, 6) is -1.58. The molecule has 0 spiro atoms. The van der Waals surface area contributed by atoms with Gasteiger partial charge in [-0.15, -0.1) is 0 Å². The maximum Gasteiger partial charge on any atom is 0.332 e. The summed E-state index contributed by atoms with van der Waals surface area (Å²) in [6.45, 7) is 0.113. The first kappa shape index (κ1) is 15.0. The zero-order chi connectivity index (χ0) is 14.4. The number of carbonyl (C=O) groups is 2. The van der Waals surface area contributed by atoms with Gasteiger partial charge in [-0.3, -0.25) is 4.79 Å². The number of aliphatic carboxylic acids is 1. The number of aliphatic hydroxyl groups is 1. The van der Waals surface area contributed by atoms with Crippen molar-refractivity contribution in [3.8, 4) is 0 Å². The quantitative estimate of drug-likeness (QED) is 0.690. The predicted molar refractivity (Wildman–Crippen MR) is 71.4 cm³/mol. The fourth-order valence-electron chi connectivity index (χ4n) is 1.46. The molecule has 0 saturated carbocycles. The first-order chi connectivity index (χ1) is 8.91. The van der Waals surface area contributed by atoms with Crippen molar-refractivity contribution in [3.63, 3.8) is 0 Å². The van der Waals surface area contributed by atoms with E-state index in [2.05, 4.69) is 5.32 Å². The summed E-state index contributed by atoms with van der Waals surface area (Å²) in [6.07, 6.45) is -1.46. The van der Waals surface area contributed by atoms with Crippen LogP contribution in [0.15, 0.2) is 24.3 Å². The molecule has 1 aromatic rings. The molecular formula is C13H18N2O4. The molecule has 0 aromatic heterocycles. The summed E-state index contributed by atoms with van der Waals surface area (Å²) >= 11 is 0. The molecule has 0 heterocycles. The molecule has 0 saturated heterocycles. The average Bonchev–Trinajstić information content (AvgIpc) is 2.38. The van der Waals surface area contributed by atoms with Gasteiger partial charge in [0.25, 0.3) is 5.91 Å². The summed E-state index contributed by atoms with van der Waals surface area (Å²) in [5, 5.41) is 20.1. The second-order valence-electron chi connectivity index (χ2n) is 4.34. The molecule has 0 aliphatic heterocycles. The minimum atomic E-state index is -1.45. The Labute approximate surface area is 111 Å². The van der Waals surface area contributed by atoms with E-state index in [1.165, 1.54) is 0 Å². The van der Waals surface area contributed by atoms with Crippen molar-refractivity contribution in [1.29, 1.82) is 0 Å². The number of nitrogens with zero attached hydrogens (tertiary/aromatic N) is 1. The number of anilines is 1. The second-order valence-corrected chi connectivity index (χ2v) is 4.34. The van der Waals surface area contributed by atoms with E-state index in [-0.39, 0.29) is 18.9 Å². The lowest BCUT2D eigenvalue weighted by molar-refractivity contribution is -0.146. The second kappa shape index (κ2) is 6.75. The van der Waals surface area contributed by atoms with Gasteiger partial charge in [0.15, 0.2) is 6.10 Å². The summed E-state index contributed by atoms with van der Waals surface area (Å²) in [5.41, 5.74) is 1.48. The van der Waals surface area contributed by atoms with Crippen molar-refractivity contribution in [1.82, 2.24) is 5.32 Å². The summed E-state index contributed by atoms with van der Waals surface area (Å²) in [7, 11) is 3.81. The SMILES string of the molecule is CN(C)c1ccc(C(=O)NCCC(O)C(=O)O)cc1. The maximum atomic E-state index is 11.7. The van der Waals surface area contributed by atoms with Crippen LogP contribution in [0, 0.1) is 0 Å². The maximum absolute atomic E-state index is 11.7. The summed E-state index contributed by atoms with van der Waals surface area (Å²) in [4.78, 5) is 24.0. The number of nitrogens with one attached hydrogen (secondary N) is 1. The van der Waals surface area contributed by atoms with Crippen LogP contribution in [0.25, 0.3) is 0 Å². The number of hydrogen-bond acceptors (Lipinski definition) is 4. The van der Waals surface area contributed by atoms with Gasteiger partial charge < -0.3 is 20.4 Å². The molecule has 1 atom stereocenters. The molecule has 1 rings (SSSR count). The van der Waals surface area contributed by atoms with E-state index in [1.54, 1.807) is 12.1 Å². The number of carboxylic acids is 1. The van der Waals surface area contributed by atoms with Gasteiger partial charge in [-0.2, -0.15) is 0 Å². The standard InChI is InChI=1S/C13H18N2O4/c1-15(2)10-5-3-9(4-6-10)12(17)14-8-7-11(16)13(18)19/h3-6,11,16H,7-8H2,1-2H3,(H,14,17)(H,18,19). The zero-order valence-corrected chi connectivity index (χ0v) is 11.0. The van der Waals surface area contributed by atoms with Gasteiger partial charge in [0.1, 0.15) is 0 Å². The van der Waals surface area contributed by atoms with E-state index >= 15 is 0 Å². The topological polar surface area (TPSA) is 89.9 Å². The van der Waals surface area contributed by atoms with E-state index in [4.69, 9.17) is 10.2 Å². The molecule has 6 nitrogen and oxygen atoms in total. The molecule has 6 heteroatoms. The van der Waals surface area contributed by atoms with Crippen LogP contribution >= 0.6 is 0 Å². The van der Waals surface area contributed by atoms with Crippen LogP contribution < -0.4 is 10.2 Å². The van der Waals surface area contributed by atoms with Crippen molar-refractivity contribution < 1.29 is 19.8 Å². The molecule has 1 unspecified atom stereocenters. The highest BCUT2D eigenvalue weighted by Gasteiger charge is 2.13. The molecular weight excluding hydrogens is 248 g/mol. The Morgan fingerprint density at radius 2 is 1.84 bits per heavy atom. The first-order valence-corrected chi connectivity index (χ1v) is 5.88. The fourth-order valence-corrected chi connectivity index (χ4v) is 1.46. The molecule has 0 radical (unpaired) electrons. The highest BCUT2D eigenvalue weighted by Crippen LogP contribution is 2.12. The Morgan fingerprint density at radius 3 is 2.32 bits per heavy atom. The van der Waals surface area contributed by atoms with Crippen LogP contribution in [-0.2, 0) is 4.79 Å². The predicted octanol–water partition coefficient (Wildman–Crippen LogP) is 0.318. The molecule has 104 valence electrons. The Morgan fingerprint density at radius 1 is 1.26 bits per heavy atom. The molecule has 0 aliphatic rings. The molecule has 3 N–H and O–H groups in total. The highest BCUT2D eigenvalue weighted by atomic mass is 16.4. The van der Waals surface area contributed by atoms with E-state index in [9.17, 15) is 9.59 Å². The zero-order valence-electron chi connectivity index (χ0n) is 11.0. The average molecular weight is 266 g/mol. The minimum Gasteiger partial charge on any atom is -0.479 e. The Balaban J connectivity index is 2.47. The van der Waals surface area contributed by atoms with Crippen LogP contribution in [0.5, 0.6) is 0 Å². The Hall–Kier alpha value is -2.08. The third kappa shape index (κ3) is 4.59. The van der Waals surface area contributed by atoms with Crippen LogP contribution in [0.2, 0.25) is 0 Å². The lowest BCUT2D eigenvalue weighted by Crippen LogP contribution is -2.30. The lowest BCUT2D eigenvalue weighted by Gasteiger charge is -2.12. The van der Waals surface area contributed by atoms with Gasteiger partial charge in [0, 0.05) is 38.3 Å². The van der Waals surface area contributed by atoms with Gasteiger partial charge in [-0.05, 0) is 24.3 Å². The number of hydrogen-bond donors (Lipinski definition) is 3. The highest BCUT2D eigenvalue weighted by molar-refractivity contribution is 5.94. The van der Waals surface area contributed by atoms with Crippen LogP contribution in [0.3, 0.4) is 0 Å². The van der Waals surface area contributed by atoms with E-state index in [1.807, 2.05) is 31.1 Å². The number of benzene rings is 1. The van der Waals surface area contributed by atoms with Crippen molar-refractivity contribution in [2.45, 2.75) is 12.5 Å². The summed E-state index contributed by atoms with van der Waals surface area (Å²) < 4.78 is 0. The third-order valence-electron chi connectivity index (χ3n) is 2.63. The van der Waals surface area contributed by atoms with E-state index in [0.717, 1.165) is 5.69 Å². The first-order valence-electron chi connectivity index (χ1n) is 5.88. The molecule has 0 bridgehead atoms. The number of amides is 1. The number of carboxylic acid groups (broad SMARTS) is 1. The van der Waals surface area contributed by atoms with Crippen molar-refractivity contribution >= 4 is 17.6 Å². The van der Waals surface area contributed by atoms with Crippen molar-refractivity contribution in [3.05, 3.63) is 29.8 Å². The van der Waals surface area contributed by atoms with Gasteiger partial charge >= 0.3 is 5.97 Å². The Kier molecular flexibility index (Phi) is 5.32. The minimum absolute atomic E-state index is 0.0170. The van der Waals surface area contributed by atoms with Gasteiger partial charge in [-0.25, -0.2) is 4.79 Å². The largest absolute Gasteiger partial charge is 0.479 e. The summed E-state index contributed by atoms with van der Waals surface area (Å²) in [6, 6.07) is 7.03. The molecule has 0 fully saturated rings. The smallest absolute Gasteiger partial charge is 0.332 e. The van der Waals surface area contributed by atoms with Crippen LogP contribution in [0.1, 0.15) is 16.8 Å². The van der Waals surface area contributed by atoms with Crippen LogP contribution in [0.4, 0.5) is 5.69 Å². The molecule has 1 aromatic carbocycles. The van der Waals surface area contributed by atoms with Crippen LogP contribution in [-0.4, -0.2) is 48.8 Å². The monoisotopic (exact) mass is 266 g/mol. The number of rotatable bonds is 6. The van der Waals surface area contributed by atoms with Gasteiger partial charge in [0.05, 0.1) is 0 Å².